The molecule has 1 atom stereocenters. The van der Waals surface area contributed by atoms with Crippen molar-refractivity contribution in [1.29, 1.82) is 0 Å². The van der Waals surface area contributed by atoms with Gasteiger partial charge in [-0.3, -0.25) is 4.98 Å². The molecule has 0 aromatic carbocycles. The van der Waals surface area contributed by atoms with Gasteiger partial charge in [0, 0.05) is 35.8 Å². The van der Waals surface area contributed by atoms with E-state index in [4.69, 9.17) is 0 Å². The molecule has 1 aliphatic rings. The first kappa shape index (κ1) is 13.7. The van der Waals surface area contributed by atoms with Crippen molar-refractivity contribution in [2.24, 2.45) is 0 Å². The highest BCUT2D eigenvalue weighted by molar-refractivity contribution is 5.57. The van der Waals surface area contributed by atoms with Gasteiger partial charge in [-0.05, 0) is 37.8 Å². The van der Waals surface area contributed by atoms with Crippen LogP contribution < -0.4 is 5.32 Å². The van der Waals surface area contributed by atoms with Crippen LogP contribution in [0.25, 0.3) is 11.4 Å². The van der Waals surface area contributed by atoms with Gasteiger partial charge in [-0.25, -0.2) is 9.97 Å². The molecule has 0 fully saturated rings. The predicted molar refractivity (Wildman–Crippen MR) is 85.0 cm³/mol. The van der Waals surface area contributed by atoms with Crippen molar-refractivity contribution in [1.82, 2.24) is 15.0 Å². The lowest BCUT2D eigenvalue weighted by Crippen LogP contribution is -2.21. The average molecular weight is 280 g/mol. The van der Waals surface area contributed by atoms with Gasteiger partial charge >= 0.3 is 0 Å². The van der Waals surface area contributed by atoms with Gasteiger partial charge in [0.1, 0.15) is 5.82 Å². The van der Waals surface area contributed by atoms with Gasteiger partial charge in [-0.1, -0.05) is 19.1 Å². The Morgan fingerprint density at radius 1 is 1.19 bits per heavy atom. The molecule has 1 aliphatic carbocycles. The molecule has 2 aromatic rings. The number of nitrogens with one attached hydrogen (secondary N) is 1. The molecule has 1 N–H and O–H groups in total. The van der Waals surface area contributed by atoms with Crippen molar-refractivity contribution in [2.45, 2.75) is 38.6 Å². The fourth-order valence-electron chi connectivity index (χ4n) is 2.52. The number of rotatable bonds is 4. The van der Waals surface area contributed by atoms with Crippen LogP contribution in [-0.2, 0) is 6.42 Å². The molecule has 4 heteroatoms. The molecule has 2 heterocycles. The standard InChI is InChI=1S/C17H20N4/c1-2-14-12-16(19-15-6-4-3-5-7-15)21-17(20-14)13-8-10-18-11-9-13/h3-4,8-12,15H,2,5-7H2,1H3,(H,19,20,21). The normalized spacial score (nSPS) is 17.7. The first-order chi connectivity index (χ1) is 10.3. The largest absolute Gasteiger partial charge is 0.367 e. The molecule has 21 heavy (non-hydrogen) atoms. The Morgan fingerprint density at radius 2 is 2.05 bits per heavy atom. The summed E-state index contributed by atoms with van der Waals surface area (Å²) in [5.41, 5.74) is 2.07. The van der Waals surface area contributed by atoms with E-state index in [2.05, 4.69) is 45.4 Å². The van der Waals surface area contributed by atoms with Crippen molar-refractivity contribution in [2.75, 3.05) is 5.32 Å². The molecule has 2 aromatic heterocycles. The fourth-order valence-corrected chi connectivity index (χ4v) is 2.52. The zero-order valence-electron chi connectivity index (χ0n) is 12.3. The van der Waals surface area contributed by atoms with E-state index < -0.39 is 0 Å². The first-order valence-corrected chi connectivity index (χ1v) is 7.55. The van der Waals surface area contributed by atoms with E-state index in [0.717, 1.165) is 48.6 Å². The van der Waals surface area contributed by atoms with Crippen molar-refractivity contribution >= 4 is 5.82 Å². The highest BCUT2D eigenvalue weighted by Crippen LogP contribution is 2.20. The molecule has 0 saturated heterocycles. The molecular formula is C17H20N4. The minimum atomic E-state index is 0.472. The van der Waals surface area contributed by atoms with E-state index >= 15 is 0 Å². The van der Waals surface area contributed by atoms with E-state index in [-0.39, 0.29) is 0 Å². The van der Waals surface area contributed by atoms with Crippen LogP contribution in [0.3, 0.4) is 0 Å². The SMILES string of the molecule is CCc1cc(NC2CC=CCC2)nc(-c2ccncc2)n1. The smallest absolute Gasteiger partial charge is 0.161 e. The van der Waals surface area contributed by atoms with Crippen LogP contribution in [0.15, 0.2) is 42.7 Å². The Bertz CT molecular complexity index is 622. The summed E-state index contributed by atoms with van der Waals surface area (Å²) in [7, 11) is 0. The number of pyridine rings is 1. The summed E-state index contributed by atoms with van der Waals surface area (Å²) in [4.78, 5) is 13.3. The summed E-state index contributed by atoms with van der Waals surface area (Å²) in [6.07, 6.45) is 12.3. The second-order valence-electron chi connectivity index (χ2n) is 5.28. The van der Waals surface area contributed by atoms with Gasteiger partial charge in [0.15, 0.2) is 5.82 Å². The number of aromatic nitrogens is 3. The molecule has 4 nitrogen and oxygen atoms in total. The topological polar surface area (TPSA) is 50.7 Å². The Balaban J connectivity index is 1.88. The van der Waals surface area contributed by atoms with Crippen LogP contribution in [0.4, 0.5) is 5.82 Å². The van der Waals surface area contributed by atoms with Crippen molar-refractivity contribution in [3.63, 3.8) is 0 Å². The highest BCUT2D eigenvalue weighted by Gasteiger charge is 2.12. The zero-order valence-corrected chi connectivity index (χ0v) is 12.3. The van der Waals surface area contributed by atoms with Crippen LogP contribution in [0, 0.1) is 0 Å². The van der Waals surface area contributed by atoms with Crippen LogP contribution in [0.2, 0.25) is 0 Å². The van der Waals surface area contributed by atoms with Gasteiger partial charge in [-0.15, -0.1) is 0 Å². The molecule has 0 bridgehead atoms. The van der Waals surface area contributed by atoms with Crippen molar-refractivity contribution in [3.8, 4) is 11.4 Å². The summed E-state index contributed by atoms with van der Waals surface area (Å²) in [5, 5.41) is 3.55. The second kappa shape index (κ2) is 6.48. The van der Waals surface area contributed by atoms with E-state index in [1.165, 1.54) is 0 Å². The number of aryl methyl sites for hydroxylation is 1. The maximum Gasteiger partial charge on any atom is 0.161 e. The lowest BCUT2D eigenvalue weighted by atomic mass is 10.0. The Morgan fingerprint density at radius 3 is 2.76 bits per heavy atom. The van der Waals surface area contributed by atoms with Gasteiger partial charge < -0.3 is 5.32 Å². The van der Waals surface area contributed by atoms with Crippen LogP contribution in [0.1, 0.15) is 31.9 Å². The minimum absolute atomic E-state index is 0.472. The third kappa shape index (κ3) is 3.45. The van der Waals surface area contributed by atoms with Crippen molar-refractivity contribution in [3.05, 3.63) is 48.4 Å². The predicted octanol–water partition coefficient (Wildman–Crippen LogP) is 3.62. The van der Waals surface area contributed by atoms with Gasteiger partial charge in [0.25, 0.3) is 0 Å². The van der Waals surface area contributed by atoms with Gasteiger partial charge in [-0.2, -0.15) is 0 Å². The first-order valence-electron chi connectivity index (χ1n) is 7.55. The molecule has 0 saturated carbocycles. The average Bonchev–Trinajstić information content (AvgIpc) is 2.56. The van der Waals surface area contributed by atoms with E-state index in [1.54, 1.807) is 12.4 Å². The highest BCUT2D eigenvalue weighted by atomic mass is 15.0. The maximum absolute atomic E-state index is 4.67. The van der Waals surface area contributed by atoms with Gasteiger partial charge in [0.2, 0.25) is 0 Å². The minimum Gasteiger partial charge on any atom is -0.367 e. The zero-order chi connectivity index (χ0) is 14.5. The number of allylic oxidation sites excluding steroid dienone is 1. The summed E-state index contributed by atoms with van der Waals surface area (Å²) in [5.74, 6) is 1.69. The number of nitrogens with zero attached hydrogens (tertiary/aromatic N) is 3. The fraction of sp³-hybridized carbons (Fsp3) is 0.353. The monoisotopic (exact) mass is 280 g/mol. The molecule has 0 radical (unpaired) electrons. The summed E-state index contributed by atoms with van der Waals surface area (Å²) in [6, 6.07) is 6.42. The molecule has 0 amide bonds. The van der Waals surface area contributed by atoms with Crippen LogP contribution in [-0.4, -0.2) is 21.0 Å². The summed E-state index contributed by atoms with van der Waals surface area (Å²) in [6.45, 7) is 2.12. The lowest BCUT2D eigenvalue weighted by molar-refractivity contribution is 0.641. The number of hydrogen-bond donors (Lipinski definition) is 1. The third-order valence-corrected chi connectivity index (χ3v) is 3.70. The van der Waals surface area contributed by atoms with Gasteiger partial charge in [0.05, 0.1) is 0 Å². The quantitative estimate of drug-likeness (QED) is 0.869. The van der Waals surface area contributed by atoms with Crippen LogP contribution in [0.5, 0.6) is 0 Å². The number of hydrogen-bond acceptors (Lipinski definition) is 4. The maximum atomic E-state index is 4.67. The summed E-state index contributed by atoms with van der Waals surface area (Å²) >= 11 is 0. The Labute approximate surface area is 125 Å². The summed E-state index contributed by atoms with van der Waals surface area (Å²) < 4.78 is 0. The second-order valence-corrected chi connectivity index (χ2v) is 5.28. The molecule has 3 rings (SSSR count). The molecule has 1 unspecified atom stereocenters. The molecule has 0 aliphatic heterocycles. The third-order valence-electron chi connectivity index (χ3n) is 3.70. The van der Waals surface area contributed by atoms with Crippen molar-refractivity contribution < 1.29 is 0 Å². The van der Waals surface area contributed by atoms with E-state index in [0.29, 0.717) is 6.04 Å². The van der Waals surface area contributed by atoms with Crippen LogP contribution >= 0.6 is 0 Å². The molecule has 108 valence electrons. The lowest BCUT2D eigenvalue weighted by Gasteiger charge is -2.20. The molecular weight excluding hydrogens is 260 g/mol. The Kier molecular flexibility index (Phi) is 4.24. The number of anilines is 1. The Hall–Kier alpha value is -2.23. The van der Waals surface area contributed by atoms with E-state index in [9.17, 15) is 0 Å². The van der Waals surface area contributed by atoms with E-state index in [1.807, 2.05) is 12.1 Å². The molecule has 0 spiro atoms.